The van der Waals surface area contributed by atoms with Crippen molar-refractivity contribution in [1.29, 1.82) is 0 Å². The highest BCUT2D eigenvalue weighted by Gasteiger charge is 2.45. The summed E-state index contributed by atoms with van der Waals surface area (Å²) in [4.78, 5) is 7.79. The van der Waals surface area contributed by atoms with E-state index >= 15 is 0 Å². The van der Waals surface area contributed by atoms with Gasteiger partial charge in [0, 0.05) is 18.3 Å². The molecule has 1 aliphatic rings. The molecule has 1 fully saturated rings. The SMILES string of the molecule is OC[C@H]1O[C@@H](n2cc(C(F)(F)F)c3c(NCc4ccccc4F)ncnc32)[C@H](O)[C@@H]1O. The number of rotatable bonds is 5. The van der Waals surface area contributed by atoms with Gasteiger partial charge in [-0.3, -0.25) is 0 Å². The lowest BCUT2D eigenvalue weighted by Crippen LogP contribution is -2.33. The van der Waals surface area contributed by atoms with Crippen LogP contribution < -0.4 is 5.32 Å². The van der Waals surface area contributed by atoms with Gasteiger partial charge >= 0.3 is 6.18 Å². The van der Waals surface area contributed by atoms with Gasteiger partial charge in [0.25, 0.3) is 0 Å². The summed E-state index contributed by atoms with van der Waals surface area (Å²) in [5.74, 6) is -0.716. The third kappa shape index (κ3) is 3.82. The molecule has 0 spiro atoms. The quantitative estimate of drug-likeness (QED) is 0.446. The number of halogens is 4. The molecular weight excluding hydrogens is 424 g/mol. The molecule has 0 bridgehead atoms. The Hall–Kier alpha value is -2.80. The maximum atomic E-state index is 13.9. The molecule has 2 aromatic heterocycles. The van der Waals surface area contributed by atoms with E-state index in [0.29, 0.717) is 6.20 Å². The first-order valence-electron chi connectivity index (χ1n) is 9.24. The first-order chi connectivity index (χ1) is 14.7. The molecule has 0 saturated carbocycles. The summed E-state index contributed by atoms with van der Waals surface area (Å²) in [5, 5.41) is 31.8. The zero-order valence-corrected chi connectivity index (χ0v) is 15.8. The number of ether oxygens (including phenoxy) is 1. The number of hydrogen-bond acceptors (Lipinski definition) is 7. The van der Waals surface area contributed by atoms with Crippen LogP contribution in [0.2, 0.25) is 0 Å². The number of anilines is 1. The lowest BCUT2D eigenvalue weighted by atomic mass is 10.1. The first kappa shape index (κ1) is 21.4. The smallest absolute Gasteiger partial charge is 0.394 e. The number of alkyl halides is 3. The fraction of sp³-hybridized carbons (Fsp3) is 0.368. The minimum absolute atomic E-state index is 0.130. The summed E-state index contributed by atoms with van der Waals surface area (Å²) in [6, 6.07) is 5.79. The first-order valence-corrected chi connectivity index (χ1v) is 9.24. The number of nitrogens with zero attached hydrogens (tertiary/aromatic N) is 3. The summed E-state index contributed by atoms with van der Waals surface area (Å²) < 4.78 is 61.6. The van der Waals surface area contributed by atoms with E-state index in [2.05, 4.69) is 15.3 Å². The Morgan fingerprint density at radius 2 is 1.87 bits per heavy atom. The Bertz CT molecular complexity index is 1090. The lowest BCUT2D eigenvalue weighted by Gasteiger charge is -2.17. The minimum Gasteiger partial charge on any atom is -0.394 e. The second-order valence-electron chi connectivity index (χ2n) is 7.04. The molecule has 1 saturated heterocycles. The number of nitrogens with one attached hydrogen (secondary N) is 1. The van der Waals surface area contributed by atoms with Crippen molar-refractivity contribution in [2.24, 2.45) is 0 Å². The molecule has 12 heteroatoms. The van der Waals surface area contributed by atoms with Crippen molar-refractivity contribution in [3.63, 3.8) is 0 Å². The molecule has 3 aromatic rings. The van der Waals surface area contributed by atoms with E-state index in [1.54, 1.807) is 6.07 Å². The number of benzene rings is 1. The van der Waals surface area contributed by atoms with E-state index in [-0.39, 0.29) is 23.6 Å². The second-order valence-corrected chi connectivity index (χ2v) is 7.04. The van der Waals surface area contributed by atoms with Crippen LogP contribution in [0.5, 0.6) is 0 Å². The highest BCUT2D eigenvalue weighted by Crippen LogP contribution is 2.41. The maximum Gasteiger partial charge on any atom is 0.418 e. The van der Waals surface area contributed by atoms with Crippen LogP contribution >= 0.6 is 0 Å². The Balaban J connectivity index is 1.78. The van der Waals surface area contributed by atoms with Crippen molar-refractivity contribution in [1.82, 2.24) is 14.5 Å². The van der Waals surface area contributed by atoms with Gasteiger partial charge in [-0.25, -0.2) is 14.4 Å². The molecule has 3 heterocycles. The van der Waals surface area contributed by atoms with Crippen LogP contribution in [-0.4, -0.2) is 54.8 Å². The summed E-state index contributed by atoms with van der Waals surface area (Å²) in [5.41, 5.74) is -1.09. The molecule has 0 unspecified atom stereocenters. The Morgan fingerprint density at radius 1 is 1.13 bits per heavy atom. The van der Waals surface area contributed by atoms with Crippen LogP contribution in [0.4, 0.5) is 23.4 Å². The summed E-state index contributed by atoms with van der Waals surface area (Å²) >= 11 is 0. The van der Waals surface area contributed by atoms with Crippen molar-refractivity contribution in [2.75, 3.05) is 11.9 Å². The average molecular weight is 442 g/mol. The highest BCUT2D eigenvalue weighted by molar-refractivity contribution is 5.91. The molecule has 4 rings (SSSR count). The maximum absolute atomic E-state index is 13.9. The van der Waals surface area contributed by atoms with Crippen molar-refractivity contribution in [2.45, 2.75) is 37.3 Å². The van der Waals surface area contributed by atoms with Gasteiger partial charge in [0.1, 0.15) is 41.9 Å². The van der Waals surface area contributed by atoms with Gasteiger partial charge in [0.2, 0.25) is 0 Å². The van der Waals surface area contributed by atoms with Gasteiger partial charge in [-0.2, -0.15) is 13.2 Å². The third-order valence-corrected chi connectivity index (χ3v) is 5.11. The molecule has 4 atom stereocenters. The summed E-state index contributed by atoms with van der Waals surface area (Å²) in [7, 11) is 0. The predicted octanol–water partition coefficient (Wildman–Crippen LogP) is 1.81. The monoisotopic (exact) mass is 442 g/mol. The van der Waals surface area contributed by atoms with Crippen molar-refractivity contribution in [3.05, 3.63) is 53.7 Å². The molecule has 1 aromatic carbocycles. The van der Waals surface area contributed by atoms with E-state index in [1.807, 2.05) is 0 Å². The minimum atomic E-state index is -4.80. The molecular formula is C19H18F4N4O4. The Morgan fingerprint density at radius 3 is 2.52 bits per heavy atom. The van der Waals surface area contributed by atoms with Gasteiger partial charge in [0.15, 0.2) is 6.23 Å². The molecule has 0 amide bonds. The van der Waals surface area contributed by atoms with E-state index in [9.17, 15) is 32.9 Å². The molecule has 1 aliphatic heterocycles. The van der Waals surface area contributed by atoms with Crippen LogP contribution in [0.3, 0.4) is 0 Å². The van der Waals surface area contributed by atoms with Gasteiger partial charge < -0.3 is 29.9 Å². The van der Waals surface area contributed by atoms with Crippen molar-refractivity contribution >= 4 is 16.9 Å². The van der Waals surface area contributed by atoms with Crippen LogP contribution in [0, 0.1) is 5.82 Å². The summed E-state index contributed by atoms with van der Waals surface area (Å²) in [6.45, 7) is -0.764. The third-order valence-electron chi connectivity index (χ3n) is 5.11. The van der Waals surface area contributed by atoms with Crippen LogP contribution in [0.25, 0.3) is 11.0 Å². The largest absolute Gasteiger partial charge is 0.418 e. The predicted molar refractivity (Wildman–Crippen MR) is 99.3 cm³/mol. The molecule has 31 heavy (non-hydrogen) atoms. The van der Waals surface area contributed by atoms with Gasteiger partial charge in [0.05, 0.1) is 17.6 Å². The zero-order chi connectivity index (χ0) is 22.3. The summed E-state index contributed by atoms with van der Waals surface area (Å²) in [6.07, 6.45) is -8.77. The number of aromatic nitrogens is 3. The lowest BCUT2D eigenvalue weighted by molar-refractivity contribution is -0.136. The number of aliphatic hydroxyl groups is 3. The number of hydrogen-bond donors (Lipinski definition) is 4. The standard InChI is InChI=1S/C19H18F4N4O4/c20-11-4-2-1-3-9(11)5-24-16-13-10(19(21,22)23)6-27(17(13)26-8-25-16)18-15(30)14(29)12(7-28)31-18/h1-4,6,8,12,14-15,18,28-30H,5,7H2,(H,24,25,26)/t12-,14-,15-,18-/m1/s1. The molecule has 4 N–H and O–H groups in total. The number of aliphatic hydroxyl groups excluding tert-OH is 3. The van der Waals surface area contributed by atoms with E-state index in [1.165, 1.54) is 18.2 Å². The topological polar surface area (TPSA) is 113 Å². The zero-order valence-electron chi connectivity index (χ0n) is 15.8. The molecule has 166 valence electrons. The average Bonchev–Trinajstić information content (AvgIpc) is 3.26. The van der Waals surface area contributed by atoms with Crippen LogP contribution in [-0.2, 0) is 17.5 Å². The van der Waals surface area contributed by atoms with Gasteiger partial charge in [-0.1, -0.05) is 18.2 Å². The Labute approximate surface area is 172 Å². The second kappa shape index (κ2) is 8.04. The number of fused-ring (bicyclic) bond motifs is 1. The van der Waals surface area contributed by atoms with Crippen molar-refractivity contribution < 1.29 is 37.6 Å². The molecule has 0 aliphatic carbocycles. The van der Waals surface area contributed by atoms with Crippen LogP contribution in [0.15, 0.2) is 36.8 Å². The van der Waals surface area contributed by atoms with E-state index in [4.69, 9.17) is 4.74 Å². The highest BCUT2D eigenvalue weighted by atomic mass is 19.4. The normalized spacial score (nSPS) is 24.1. The van der Waals surface area contributed by atoms with E-state index < -0.39 is 54.1 Å². The Kier molecular flexibility index (Phi) is 5.56. The fourth-order valence-electron chi connectivity index (χ4n) is 3.56. The van der Waals surface area contributed by atoms with E-state index in [0.717, 1.165) is 10.9 Å². The van der Waals surface area contributed by atoms with Crippen LogP contribution in [0.1, 0.15) is 17.4 Å². The van der Waals surface area contributed by atoms with Crippen molar-refractivity contribution in [3.8, 4) is 0 Å². The fourth-order valence-corrected chi connectivity index (χ4v) is 3.56. The van der Waals surface area contributed by atoms with Gasteiger partial charge in [-0.15, -0.1) is 0 Å². The van der Waals surface area contributed by atoms with Gasteiger partial charge in [-0.05, 0) is 6.07 Å². The molecule has 8 nitrogen and oxygen atoms in total. The molecule has 0 radical (unpaired) electrons.